The van der Waals surface area contributed by atoms with E-state index < -0.39 is 0 Å². The number of nitrogens with zero attached hydrogens (tertiary/aromatic N) is 10. The summed E-state index contributed by atoms with van der Waals surface area (Å²) in [7, 11) is 0. The molecule has 0 amide bonds. The highest BCUT2D eigenvalue weighted by Crippen LogP contribution is 2.32. The zero-order valence-corrected chi connectivity index (χ0v) is 19.4. The molecule has 10 heteroatoms. The predicted octanol–water partition coefficient (Wildman–Crippen LogP) is 4.81. The van der Waals surface area contributed by atoms with Gasteiger partial charge in [-0.05, 0) is 48.5 Å². The minimum absolute atomic E-state index is 0.310. The van der Waals surface area contributed by atoms with Crippen LogP contribution in [0.15, 0.2) is 109 Å². The van der Waals surface area contributed by atoms with E-state index >= 15 is 0 Å². The highest BCUT2D eigenvalue weighted by molar-refractivity contribution is 5.77. The molecule has 10 nitrogen and oxygen atoms in total. The Morgan fingerprint density at radius 1 is 0.459 bits per heavy atom. The lowest BCUT2D eigenvalue weighted by molar-refractivity contribution is 0.722. The second-order valence-corrected chi connectivity index (χ2v) is 8.22. The largest absolute Gasteiger partial charge is 0.279 e. The van der Waals surface area contributed by atoms with Crippen LogP contribution < -0.4 is 4.90 Å². The van der Waals surface area contributed by atoms with Gasteiger partial charge in [-0.3, -0.25) is 4.90 Å². The highest BCUT2D eigenvalue weighted by atomic mass is 15.5. The molecule has 0 saturated heterocycles. The molecule has 0 spiro atoms. The van der Waals surface area contributed by atoms with Crippen LogP contribution in [0.25, 0.3) is 34.0 Å². The van der Waals surface area contributed by atoms with Gasteiger partial charge >= 0.3 is 0 Å². The summed E-state index contributed by atoms with van der Waals surface area (Å²) in [6.45, 7) is 0. The Morgan fingerprint density at radius 3 is 1.38 bits per heavy atom. The summed E-state index contributed by atoms with van der Waals surface area (Å²) in [5.41, 5.74) is 4.81. The van der Waals surface area contributed by atoms with Crippen molar-refractivity contribution in [1.82, 2.24) is 44.9 Å². The molecule has 7 aromatic rings. The topological polar surface area (TPSA) is 103 Å². The van der Waals surface area contributed by atoms with Gasteiger partial charge in [0.25, 0.3) is 11.9 Å². The summed E-state index contributed by atoms with van der Waals surface area (Å²) in [4.78, 5) is 16.5. The monoisotopic (exact) mass is 482 g/mol. The fraction of sp³-hybridized carbons (Fsp3) is 0. The molecule has 0 unspecified atom stereocenters. The molecule has 3 heterocycles. The van der Waals surface area contributed by atoms with Crippen molar-refractivity contribution < 1.29 is 0 Å². The van der Waals surface area contributed by atoms with Gasteiger partial charge < -0.3 is 0 Å². The summed E-state index contributed by atoms with van der Waals surface area (Å²) < 4.78 is 3.22. The molecule has 0 saturated carbocycles. The SMILES string of the molecule is c1ccc(N(c2ccccc2)c2nc(-n3nnc4ccccc43)nc(-n3nnc4ccccc43)n2)cc1. The molecule has 0 fully saturated rings. The standard InChI is InChI=1S/C27H18N10/c1-3-11-19(12-4-1)35(20-13-5-2-6-14-20)25-28-26(36-23-17-9-7-15-21(23)31-33-36)30-27(29-25)37-24-18-10-8-16-22(24)32-34-37/h1-18H. The molecule has 4 aromatic carbocycles. The number of hydrogen-bond donors (Lipinski definition) is 0. The van der Waals surface area contributed by atoms with Crippen molar-refractivity contribution in [1.29, 1.82) is 0 Å². The van der Waals surface area contributed by atoms with Crippen LogP contribution in [-0.2, 0) is 0 Å². The van der Waals surface area contributed by atoms with Crippen LogP contribution in [0.1, 0.15) is 0 Å². The third kappa shape index (κ3) is 3.64. The normalized spacial score (nSPS) is 11.2. The van der Waals surface area contributed by atoms with Gasteiger partial charge in [-0.25, -0.2) is 0 Å². The summed E-state index contributed by atoms with van der Waals surface area (Å²) in [6.07, 6.45) is 0. The molecule has 0 aliphatic rings. The minimum atomic E-state index is 0.310. The molecule has 7 rings (SSSR count). The van der Waals surface area contributed by atoms with E-state index in [1.54, 1.807) is 9.36 Å². The number of fused-ring (bicyclic) bond motifs is 2. The Kier molecular flexibility index (Phi) is 4.85. The minimum Gasteiger partial charge on any atom is -0.279 e. The number of benzene rings is 4. The van der Waals surface area contributed by atoms with E-state index in [1.807, 2.05) is 114 Å². The summed E-state index contributed by atoms with van der Waals surface area (Å²) >= 11 is 0. The maximum atomic E-state index is 4.87. The second kappa shape index (κ2) is 8.61. The van der Waals surface area contributed by atoms with Crippen molar-refractivity contribution in [2.45, 2.75) is 0 Å². The maximum Gasteiger partial charge on any atom is 0.259 e. The van der Waals surface area contributed by atoms with Crippen molar-refractivity contribution in [3.05, 3.63) is 109 Å². The first-order chi connectivity index (χ1) is 18.3. The van der Waals surface area contributed by atoms with Crippen LogP contribution in [0.5, 0.6) is 0 Å². The summed E-state index contributed by atoms with van der Waals surface area (Å²) in [6, 6.07) is 35.2. The van der Waals surface area contributed by atoms with Crippen molar-refractivity contribution in [2.75, 3.05) is 4.90 Å². The first-order valence-electron chi connectivity index (χ1n) is 11.6. The lowest BCUT2D eigenvalue weighted by Gasteiger charge is -2.23. The zero-order valence-electron chi connectivity index (χ0n) is 19.4. The quantitative estimate of drug-likeness (QED) is 0.344. The Hall–Kier alpha value is -5.51. The van der Waals surface area contributed by atoms with Gasteiger partial charge in [0.2, 0.25) is 5.95 Å². The number of aromatic nitrogens is 9. The fourth-order valence-electron chi connectivity index (χ4n) is 4.20. The molecule has 0 bridgehead atoms. The van der Waals surface area contributed by atoms with Crippen LogP contribution in [0.4, 0.5) is 17.3 Å². The van der Waals surface area contributed by atoms with Gasteiger partial charge in [-0.15, -0.1) is 10.2 Å². The van der Waals surface area contributed by atoms with Gasteiger partial charge in [-0.1, -0.05) is 71.1 Å². The van der Waals surface area contributed by atoms with Crippen LogP contribution in [0, 0.1) is 0 Å². The Labute approximate surface area is 210 Å². The van der Waals surface area contributed by atoms with Gasteiger partial charge in [-0.2, -0.15) is 24.3 Å². The van der Waals surface area contributed by atoms with E-state index in [4.69, 9.17) is 15.0 Å². The van der Waals surface area contributed by atoms with Gasteiger partial charge in [0, 0.05) is 11.4 Å². The predicted molar refractivity (Wildman–Crippen MR) is 139 cm³/mol. The molecule has 0 aliphatic carbocycles. The summed E-state index contributed by atoms with van der Waals surface area (Å²) in [5.74, 6) is 1.02. The van der Waals surface area contributed by atoms with E-state index in [-0.39, 0.29) is 0 Å². The number of rotatable bonds is 5. The molecule has 0 aliphatic heterocycles. The van der Waals surface area contributed by atoms with Gasteiger partial charge in [0.15, 0.2) is 0 Å². The maximum absolute atomic E-state index is 4.87. The molecule has 0 radical (unpaired) electrons. The van der Waals surface area contributed by atoms with E-state index in [2.05, 4.69) is 20.6 Å². The molecule has 0 atom stereocenters. The average molecular weight is 483 g/mol. The number of hydrogen-bond acceptors (Lipinski definition) is 8. The zero-order chi connectivity index (χ0) is 24.6. The summed E-state index contributed by atoms with van der Waals surface area (Å²) in [5, 5.41) is 17.3. The van der Waals surface area contributed by atoms with Gasteiger partial charge in [0.05, 0.1) is 11.0 Å². The van der Waals surface area contributed by atoms with E-state index in [1.165, 1.54) is 0 Å². The molecular formula is C27H18N10. The van der Waals surface area contributed by atoms with Crippen LogP contribution in [0.3, 0.4) is 0 Å². The van der Waals surface area contributed by atoms with Crippen LogP contribution >= 0.6 is 0 Å². The first kappa shape index (κ1) is 20.8. The highest BCUT2D eigenvalue weighted by Gasteiger charge is 2.21. The van der Waals surface area contributed by atoms with E-state index in [0.717, 1.165) is 33.4 Å². The lowest BCUT2D eigenvalue weighted by atomic mass is 10.2. The first-order valence-corrected chi connectivity index (χ1v) is 11.6. The average Bonchev–Trinajstić information content (AvgIpc) is 3.59. The van der Waals surface area contributed by atoms with Crippen molar-refractivity contribution in [3.8, 4) is 11.9 Å². The smallest absolute Gasteiger partial charge is 0.259 e. The number of anilines is 3. The second-order valence-electron chi connectivity index (χ2n) is 8.22. The van der Waals surface area contributed by atoms with Gasteiger partial charge in [0.1, 0.15) is 11.0 Å². The Bertz CT molecular complexity index is 1710. The third-order valence-corrected chi connectivity index (χ3v) is 5.91. The molecule has 176 valence electrons. The van der Waals surface area contributed by atoms with E-state index in [0.29, 0.717) is 17.8 Å². The van der Waals surface area contributed by atoms with Crippen molar-refractivity contribution in [3.63, 3.8) is 0 Å². The molecular weight excluding hydrogens is 464 g/mol. The van der Waals surface area contributed by atoms with Crippen molar-refractivity contribution in [2.24, 2.45) is 0 Å². The Balaban J connectivity index is 1.51. The lowest BCUT2D eigenvalue weighted by Crippen LogP contribution is -2.18. The Morgan fingerprint density at radius 2 is 0.892 bits per heavy atom. The van der Waals surface area contributed by atoms with Crippen LogP contribution in [-0.4, -0.2) is 44.9 Å². The van der Waals surface area contributed by atoms with Crippen molar-refractivity contribution >= 4 is 39.4 Å². The van der Waals surface area contributed by atoms with E-state index in [9.17, 15) is 0 Å². The fourth-order valence-corrected chi connectivity index (χ4v) is 4.20. The third-order valence-electron chi connectivity index (χ3n) is 5.91. The molecule has 3 aromatic heterocycles. The molecule has 0 N–H and O–H groups in total. The van der Waals surface area contributed by atoms with Crippen LogP contribution in [0.2, 0.25) is 0 Å². The molecule has 37 heavy (non-hydrogen) atoms. The number of para-hydroxylation sites is 4.